The molecule has 0 radical (unpaired) electrons. The lowest BCUT2D eigenvalue weighted by Crippen LogP contribution is -2.21. The molecule has 0 unspecified atom stereocenters. The van der Waals surface area contributed by atoms with Crippen LogP contribution in [0.3, 0.4) is 0 Å². The van der Waals surface area contributed by atoms with Crippen LogP contribution in [0.1, 0.15) is 12.0 Å². The molecule has 8 nitrogen and oxygen atoms in total. The van der Waals surface area contributed by atoms with Crippen LogP contribution < -0.4 is 21.1 Å². The zero-order valence-corrected chi connectivity index (χ0v) is 13.6. The van der Waals surface area contributed by atoms with E-state index in [1.54, 1.807) is 30.3 Å². The predicted molar refractivity (Wildman–Crippen MR) is 94.4 cm³/mol. The zero-order chi connectivity index (χ0) is 18.1. The molecule has 0 atom stereocenters. The molecule has 0 bridgehead atoms. The number of carbonyl (C=O) groups is 2. The van der Waals surface area contributed by atoms with Crippen LogP contribution in [0.15, 0.2) is 45.6 Å². The fourth-order valence-corrected chi connectivity index (χ4v) is 2.83. The summed E-state index contributed by atoms with van der Waals surface area (Å²) >= 11 is 0. The van der Waals surface area contributed by atoms with Gasteiger partial charge in [-0.05, 0) is 48.4 Å². The van der Waals surface area contributed by atoms with Crippen LogP contribution in [0, 0.1) is 0 Å². The predicted octanol–water partition coefficient (Wildman–Crippen LogP) is 2.02. The molecule has 1 aliphatic heterocycles. The van der Waals surface area contributed by atoms with E-state index in [1.165, 1.54) is 0 Å². The minimum Gasteiger partial charge on any atom is -0.484 e. The van der Waals surface area contributed by atoms with Gasteiger partial charge in [-0.1, -0.05) is 0 Å². The molecule has 1 aromatic heterocycles. The Kier molecular flexibility index (Phi) is 3.92. The number of amides is 2. The third-order valence-electron chi connectivity index (χ3n) is 4.04. The van der Waals surface area contributed by atoms with E-state index in [-0.39, 0.29) is 18.4 Å². The molecule has 2 amide bonds. The van der Waals surface area contributed by atoms with Crippen LogP contribution >= 0.6 is 0 Å². The maximum Gasteiger partial charge on any atom is 0.417 e. The number of benzene rings is 2. The number of anilines is 2. The van der Waals surface area contributed by atoms with E-state index in [9.17, 15) is 14.4 Å². The molecule has 0 saturated heterocycles. The van der Waals surface area contributed by atoms with E-state index in [0.29, 0.717) is 35.4 Å². The minimum absolute atomic E-state index is 0.00137. The van der Waals surface area contributed by atoms with E-state index in [4.69, 9.17) is 9.15 Å². The van der Waals surface area contributed by atoms with Crippen molar-refractivity contribution >= 4 is 34.3 Å². The SMILES string of the molecule is O=C(COc1ccc2c(c1)CCC(=O)N2)Nc1ccc2oc(=O)[nH]c2c1. The summed E-state index contributed by atoms with van der Waals surface area (Å²) in [4.78, 5) is 37.1. The van der Waals surface area contributed by atoms with Crippen molar-refractivity contribution in [2.75, 3.05) is 17.2 Å². The first kappa shape index (κ1) is 15.9. The quantitative estimate of drug-likeness (QED) is 0.664. The van der Waals surface area contributed by atoms with Gasteiger partial charge in [0.25, 0.3) is 5.91 Å². The minimum atomic E-state index is -0.546. The van der Waals surface area contributed by atoms with Crippen molar-refractivity contribution in [3.05, 3.63) is 52.5 Å². The molecule has 4 rings (SSSR count). The Morgan fingerprint density at radius 3 is 2.92 bits per heavy atom. The lowest BCUT2D eigenvalue weighted by molar-refractivity contribution is -0.118. The Hall–Kier alpha value is -3.55. The summed E-state index contributed by atoms with van der Waals surface area (Å²) in [5.74, 6) is -0.317. The monoisotopic (exact) mass is 353 g/mol. The van der Waals surface area contributed by atoms with Gasteiger partial charge in [-0.15, -0.1) is 0 Å². The normalized spacial score (nSPS) is 13.2. The van der Waals surface area contributed by atoms with Gasteiger partial charge in [0.05, 0.1) is 5.52 Å². The number of H-pyrrole nitrogens is 1. The van der Waals surface area contributed by atoms with E-state index in [1.807, 2.05) is 6.07 Å². The van der Waals surface area contributed by atoms with Crippen molar-refractivity contribution in [2.24, 2.45) is 0 Å². The molecule has 0 aliphatic carbocycles. The fourth-order valence-electron chi connectivity index (χ4n) is 2.83. The van der Waals surface area contributed by atoms with Crippen molar-refractivity contribution in [3.8, 4) is 5.75 Å². The van der Waals surface area contributed by atoms with Gasteiger partial charge in [0.1, 0.15) is 5.75 Å². The second-order valence-electron chi connectivity index (χ2n) is 5.93. The van der Waals surface area contributed by atoms with E-state index in [0.717, 1.165) is 11.3 Å². The summed E-state index contributed by atoms with van der Waals surface area (Å²) in [5.41, 5.74) is 3.21. The molecule has 3 N–H and O–H groups in total. The maximum absolute atomic E-state index is 12.1. The van der Waals surface area contributed by atoms with Crippen LogP contribution in [0.5, 0.6) is 5.75 Å². The van der Waals surface area contributed by atoms with Gasteiger partial charge in [0, 0.05) is 17.8 Å². The van der Waals surface area contributed by atoms with Crippen molar-refractivity contribution in [1.29, 1.82) is 0 Å². The molecule has 132 valence electrons. The third-order valence-corrected chi connectivity index (χ3v) is 4.04. The second-order valence-corrected chi connectivity index (χ2v) is 5.93. The van der Waals surface area contributed by atoms with Gasteiger partial charge >= 0.3 is 5.76 Å². The Morgan fingerprint density at radius 2 is 2.04 bits per heavy atom. The van der Waals surface area contributed by atoms with Gasteiger partial charge in [-0.2, -0.15) is 0 Å². The van der Waals surface area contributed by atoms with Gasteiger partial charge < -0.3 is 19.8 Å². The Bertz CT molecular complexity index is 1070. The molecule has 1 aliphatic rings. The van der Waals surface area contributed by atoms with E-state index < -0.39 is 5.76 Å². The molecular formula is C18H15N3O5. The lowest BCUT2D eigenvalue weighted by atomic mass is 10.0. The van der Waals surface area contributed by atoms with E-state index >= 15 is 0 Å². The first-order valence-corrected chi connectivity index (χ1v) is 8.05. The van der Waals surface area contributed by atoms with Gasteiger partial charge in [0.2, 0.25) is 5.91 Å². The van der Waals surface area contributed by atoms with Crippen molar-refractivity contribution in [2.45, 2.75) is 12.8 Å². The van der Waals surface area contributed by atoms with Crippen molar-refractivity contribution < 1.29 is 18.7 Å². The molecule has 0 saturated carbocycles. The number of ether oxygens (including phenoxy) is 1. The van der Waals surface area contributed by atoms with Crippen LogP contribution in [0.4, 0.5) is 11.4 Å². The highest BCUT2D eigenvalue weighted by molar-refractivity contribution is 5.94. The number of fused-ring (bicyclic) bond motifs is 2. The Labute approximate surface area is 147 Å². The van der Waals surface area contributed by atoms with Crippen LogP contribution in [-0.2, 0) is 16.0 Å². The summed E-state index contributed by atoms with van der Waals surface area (Å²) < 4.78 is 10.4. The molecule has 2 heterocycles. The maximum atomic E-state index is 12.1. The largest absolute Gasteiger partial charge is 0.484 e. The number of oxazole rings is 1. The first-order valence-electron chi connectivity index (χ1n) is 8.05. The van der Waals surface area contributed by atoms with Gasteiger partial charge in [-0.3, -0.25) is 14.6 Å². The average Bonchev–Trinajstić information content (AvgIpc) is 2.99. The van der Waals surface area contributed by atoms with Gasteiger partial charge in [0.15, 0.2) is 12.2 Å². The smallest absolute Gasteiger partial charge is 0.417 e. The van der Waals surface area contributed by atoms with Crippen LogP contribution in [0.2, 0.25) is 0 Å². The highest BCUT2D eigenvalue weighted by Crippen LogP contribution is 2.26. The number of carbonyl (C=O) groups excluding carboxylic acids is 2. The Balaban J connectivity index is 1.38. The molecule has 2 aromatic carbocycles. The molecule has 26 heavy (non-hydrogen) atoms. The topological polar surface area (TPSA) is 113 Å². The standard InChI is InChI=1S/C18H15N3O5/c22-16-6-1-10-7-12(3-4-13(10)20-16)25-9-17(23)19-11-2-5-15-14(8-11)21-18(24)26-15/h2-5,7-8H,1,6,9H2,(H,19,23)(H,20,22)(H,21,24). The number of rotatable bonds is 4. The zero-order valence-electron chi connectivity index (χ0n) is 13.6. The van der Waals surface area contributed by atoms with E-state index in [2.05, 4.69) is 15.6 Å². The summed E-state index contributed by atoms with van der Waals surface area (Å²) in [7, 11) is 0. The number of hydrogen-bond acceptors (Lipinski definition) is 5. The highest BCUT2D eigenvalue weighted by atomic mass is 16.5. The molecular weight excluding hydrogens is 338 g/mol. The Morgan fingerprint density at radius 1 is 1.15 bits per heavy atom. The summed E-state index contributed by atoms with van der Waals surface area (Å²) in [5, 5.41) is 5.49. The first-order chi connectivity index (χ1) is 12.6. The number of nitrogens with one attached hydrogen (secondary N) is 3. The van der Waals surface area contributed by atoms with Crippen molar-refractivity contribution in [1.82, 2.24) is 4.98 Å². The average molecular weight is 353 g/mol. The van der Waals surface area contributed by atoms with Crippen LogP contribution in [0.25, 0.3) is 11.1 Å². The molecule has 0 spiro atoms. The lowest BCUT2D eigenvalue weighted by Gasteiger charge is -2.17. The molecule has 8 heteroatoms. The summed E-state index contributed by atoms with van der Waals surface area (Å²) in [6, 6.07) is 10.1. The number of aryl methyl sites for hydroxylation is 1. The van der Waals surface area contributed by atoms with Crippen molar-refractivity contribution in [3.63, 3.8) is 0 Å². The van der Waals surface area contributed by atoms with Crippen LogP contribution in [-0.4, -0.2) is 23.4 Å². The van der Waals surface area contributed by atoms with Gasteiger partial charge in [-0.25, -0.2) is 4.79 Å². The highest BCUT2D eigenvalue weighted by Gasteiger charge is 2.15. The summed E-state index contributed by atoms with van der Waals surface area (Å²) in [6.45, 7) is -0.162. The second kappa shape index (κ2) is 6.40. The number of hydrogen-bond donors (Lipinski definition) is 3. The fraction of sp³-hybridized carbons (Fsp3) is 0.167. The number of aromatic amines is 1. The molecule has 0 fully saturated rings. The third kappa shape index (κ3) is 3.30. The molecule has 3 aromatic rings. The number of aromatic nitrogens is 1. The summed E-state index contributed by atoms with van der Waals surface area (Å²) in [6.07, 6.45) is 1.09.